The highest BCUT2D eigenvalue weighted by atomic mass is 79.9. The molecule has 0 aromatic rings. The number of hydrogen-bond donors (Lipinski definition) is 2. The maximum atomic E-state index is 8.78. The molecule has 0 saturated heterocycles. The van der Waals surface area contributed by atoms with Crippen molar-refractivity contribution in [2.24, 2.45) is 0 Å². The minimum absolute atomic E-state index is 0.0699. The minimum Gasteiger partial charge on any atom is -0.392 e. The first-order valence-electron chi connectivity index (χ1n) is 1.95. The van der Waals surface area contributed by atoms with Crippen molar-refractivity contribution >= 4 is 31.9 Å². The van der Waals surface area contributed by atoms with Gasteiger partial charge in [-0.2, -0.15) is 0 Å². The van der Waals surface area contributed by atoms with Crippen molar-refractivity contribution in [1.29, 1.82) is 0 Å². The molecule has 0 spiro atoms. The fourth-order valence-electron chi connectivity index (χ4n) is 0.194. The molecule has 0 aromatic carbocycles. The third-order valence-electron chi connectivity index (χ3n) is 0.424. The third-order valence-corrected chi connectivity index (χ3v) is 0.952. The van der Waals surface area contributed by atoms with Gasteiger partial charge in [-0.25, -0.2) is 0 Å². The zero-order chi connectivity index (χ0) is 6.62. The first kappa shape index (κ1) is 8.62. The molecular formula is C4H6Br2O2. The van der Waals surface area contributed by atoms with Crippen molar-refractivity contribution in [3.05, 3.63) is 12.2 Å². The lowest BCUT2D eigenvalue weighted by molar-refractivity contribution is 0.288. The number of aliphatic hydroxyl groups excluding tert-OH is 1. The quantitative estimate of drug-likeness (QED) is 0.563. The van der Waals surface area contributed by atoms with E-state index in [0.29, 0.717) is 0 Å². The molecule has 0 heterocycles. The summed E-state index contributed by atoms with van der Waals surface area (Å²) in [6, 6.07) is 0. The van der Waals surface area contributed by atoms with Crippen LogP contribution in [-0.2, 0) is 0 Å². The third kappa shape index (κ3) is 6.62. The van der Waals surface area contributed by atoms with Crippen LogP contribution in [0.2, 0.25) is 0 Å². The Bertz CT molecular complexity index is 84.5. The smallest absolute Gasteiger partial charge is 0.194 e. The molecule has 0 aliphatic rings. The van der Waals surface area contributed by atoms with E-state index in [0.717, 1.165) is 0 Å². The van der Waals surface area contributed by atoms with Crippen molar-refractivity contribution in [2.75, 3.05) is 6.61 Å². The lowest BCUT2D eigenvalue weighted by atomic mass is 10.5. The summed E-state index contributed by atoms with van der Waals surface area (Å²) in [6.45, 7) is -0.0699. The van der Waals surface area contributed by atoms with Gasteiger partial charge in [0, 0.05) is 0 Å². The zero-order valence-corrected chi connectivity index (χ0v) is 7.18. The van der Waals surface area contributed by atoms with Crippen LogP contribution < -0.4 is 0 Å². The topological polar surface area (TPSA) is 40.5 Å². The van der Waals surface area contributed by atoms with Gasteiger partial charge in [0.05, 0.1) is 6.61 Å². The average Bonchev–Trinajstić information content (AvgIpc) is 1.59. The second-order valence-electron chi connectivity index (χ2n) is 1.17. The Morgan fingerprint density at radius 3 is 2.12 bits per heavy atom. The molecule has 0 saturated carbocycles. The first-order valence-corrected chi connectivity index (χ1v) is 3.53. The first-order chi connectivity index (χ1) is 3.56. The van der Waals surface area contributed by atoms with Gasteiger partial charge < -0.3 is 10.2 Å². The molecule has 48 valence electrons. The van der Waals surface area contributed by atoms with Gasteiger partial charge >= 0.3 is 0 Å². The summed E-state index contributed by atoms with van der Waals surface area (Å²) < 4.78 is -1.16. The van der Waals surface area contributed by atoms with Gasteiger partial charge in [-0.1, -0.05) is 6.08 Å². The Morgan fingerprint density at radius 1 is 1.50 bits per heavy atom. The Kier molecular flexibility index (Phi) is 3.89. The van der Waals surface area contributed by atoms with Gasteiger partial charge in [0.15, 0.2) is 3.42 Å². The number of halogens is 2. The molecule has 0 rings (SSSR count). The Balaban J connectivity index is 3.52. The maximum absolute atomic E-state index is 8.78. The van der Waals surface area contributed by atoms with Gasteiger partial charge in [-0.05, 0) is 37.9 Å². The summed E-state index contributed by atoms with van der Waals surface area (Å²) in [4.78, 5) is 0. The van der Waals surface area contributed by atoms with Gasteiger partial charge in [0.1, 0.15) is 0 Å². The van der Waals surface area contributed by atoms with E-state index in [4.69, 9.17) is 10.2 Å². The lowest BCUT2D eigenvalue weighted by Gasteiger charge is -2.03. The van der Waals surface area contributed by atoms with Crippen LogP contribution in [0.5, 0.6) is 0 Å². The van der Waals surface area contributed by atoms with Gasteiger partial charge in [-0.15, -0.1) is 0 Å². The van der Waals surface area contributed by atoms with E-state index in [1.165, 1.54) is 12.2 Å². The number of alkyl halides is 2. The highest BCUT2D eigenvalue weighted by Gasteiger charge is 2.10. The normalized spacial score (nSPS) is 13.0. The number of hydrogen-bond acceptors (Lipinski definition) is 2. The van der Waals surface area contributed by atoms with E-state index in [1.54, 1.807) is 0 Å². The fraction of sp³-hybridized carbons (Fsp3) is 0.500. The second-order valence-corrected chi connectivity index (χ2v) is 4.65. The van der Waals surface area contributed by atoms with Crippen molar-refractivity contribution in [1.82, 2.24) is 0 Å². The number of rotatable bonds is 2. The standard InChI is InChI=1S/C4H6Br2O2/c5-4(6,8)2-1-3-7/h1-2,7-8H,3H2/b2-1+. The summed E-state index contributed by atoms with van der Waals surface area (Å²) in [6.07, 6.45) is 2.80. The van der Waals surface area contributed by atoms with Crippen molar-refractivity contribution in [3.63, 3.8) is 0 Å². The van der Waals surface area contributed by atoms with E-state index >= 15 is 0 Å². The predicted octanol–water partition coefficient (Wildman–Crippen LogP) is 0.971. The molecule has 0 aliphatic carbocycles. The zero-order valence-electron chi connectivity index (χ0n) is 4.01. The van der Waals surface area contributed by atoms with Crippen molar-refractivity contribution in [3.8, 4) is 0 Å². The summed E-state index contributed by atoms with van der Waals surface area (Å²) in [5, 5.41) is 17.0. The molecule has 4 heteroatoms. The molecule has 0 aromatic heterocycles. The minimum atomic E-state index is -1.16. The average molecular weight is 246 g/mol. The van der Waals surface area contributed by atoms with E-state index in [9.17, 15) is 0 Å². The molecule has 0 unspecified atom stereocenters. The van der Waals surface area contributed by atoms with Crippen LogP contribution >= 0.6 is 31.9 Å². The lowest BCUT2D eigenvalue weighted by Crippen LogP contribution is -2.03. The summed E-state index contributed by atoms with van der Waals surface area (Å²) in [7, 11) is 0. The van der Waals surface area contributed by atoms with Crippen molar-refractivity contribution < 1.29 is 10.2 Å². The molecule has 2 N–H and O–H groups in total. The van der Waals surface area contributed by atoms with E-state index in [2.05, 4.69) is 31.9 Å². The molecular weight excluding hydrogens is 240 g/mol. The van der Waals surface area contributed by atoms with Crippen LogP contribution in [0.3, 0.4) is 0 Å². The molecule has 2 nitrogen and oxygen atoms in total. The van der Waals surface area contributed by atoms with Crippen LogP contribution in [0.4, 0.5) is 0 Å². The molecule has 0 amide bonds. The highest BCUT2D eigenvalue weighted by molar-refractivity contribution is 9.25. The summed E-state index contributed by atoms with van der Waals surface area (Å²) in [5.41, 5.74) is 0. The van der Waals surface area contributed by atoms with Crippen molar-refractivity contribution in [2.45, 2.75) is 3.42 Å². The van der Waals surface area contributed by atoms with Gasteiger partial charge in [0.2, 0.25) is 0 Å². The Hall–Kier alpha value is 0.620. The molecule has 8 heavy (non-hydrogen) atoms. The van der Waals surface area contributed by atoms with Crippen LogP contribution in [0, 0.1) is 0 Å². The van der Waals surface area contributed by atoms with Crippen LogP contribution in [0.1, 0.15) is 0 Å². The SMILES string of the molecule is OC/C=C/C(O)(Br)Br. The summed E-state index contributed by atoms with van der Waals surface area (Å²) in [5.74, 6) is 0. The molecule has 0 radical (unpaired) electrons. The Morgan fingerprint density at radius 2 is 2.00 bits per heavy atom. The highest BCUT2D eigenvalue weighted by Crippen LogP contribution is 2.22. The molecule has 0 aliphatic heterocycles. The van der Waals surface area contributed by atoms with Crippen LogP contribution in [-0.4, -0.2) is 20.2 Å². The maximum Gasteiger partial charge on any atom is 0.194 e. The predicted molar refractivity (Wildman–Crippen MR) is 39.0 cm³/mol. The van der Waals surface area contributed by atoms with Crippen LogP contribution in [0.15, 0.2) is 12.2 Å². The van der Waals surface area contributed by atoms with Gasteiger partial charge in [-0.3, -0.25) is 0 Å². The van der Waals surface area contributed by atoms with E-state index in [-0.39, 0.29) is 6.61 Å². The molecule has 0 atom stereocenters. The Labute approximate surface area is 64.5 Å². The van der Waals surface area contributed by atoms with E-state index < -0.39 is 3.42 Å². The van der Waals surface area contributed by atoms with Gasteiger partial charge in [0.25, 0.3) is 0 Å². The largest absolute Gasteiger partial charge is 0.392 e. The van der Waals surface area contributed by atoms with Crippen LogP contribution in [0.25, 0.3) is 0 Å². The number of aliphatic hydroxyl groups is 2. The fourth-order valence-corrected chi connectivity index (χ4v) is 0.568. The van der Waals surface area contributed by atoms with E-state index in [1.807, 2.05) is 0 Å². The monoisotopic (exact) mass is 244 g/mol. The summed E-state index contributed by atoms with van der Waals surface area (Å²) >= 11 is 5.71. The molecule has 0 fully saturated rings. The second kappa shape index (κ2) is 3.61. The molecule has 0 bridgehead atoms.